The van der Waals surface area contributed by atoms with Crippen LogP contribution in [0, 0.1) is 18.3 Å². The number of hydrogen-bond acceptors (Lipinski definition) is 3. The molecule has 1 N–H and O–H groups in total. The van der Waals surface area contributed by atoms with Crippen molar-refractivity contribution < 1.29 is 0 Å². The number of hydrogen-bond donors (Lipinski definition) is 1. The Hall–Kier alpha value is -1.37. The molecule has 54 valence electrons. The van der Waals surface area contributed by atoms with Gasteiger partial charge in [0.05, 0.1) is 5.69 Å². The minimum Gasteiger partial charge on any atom is -0.196 e. The molecule has 0 saturated carbocycles. The maximum Gasteiger partial charge on any atom is 0.185 e. The van der Waals surface area contributed by atoms with Crippen LogP contribution in [-0.2, 0) is 0 Å². The third-order valence-electron chi connectivity index (χ3n) is 0.828. The van der Waals surface area contributed by atoms with E-state index < -0.39 is 0 Å². The average Bonchev–Trinajstić information content (AvgIpc) is 2.39. The molecule has 0 atom stereocenters. The van der Waals surface area contributed by atoms with E-state index in [9.17, 15) is 0 Å². The van der Waals surface area contributed by atoms with Gasteiger partial charge in [-0.1, -0.05) is 13.8 Å². The van der Waals surface area contributed by atoms with Gasteiger partial charge in [-0.15, -0.1) is 5.10 Å². The predicted octanol–water partition coefficient (Wildman–Crippen LogP) is 1.01. The second-order valence-corrected chi connectivity index (χ2v) is 1.37. The van der Waals surface area contributed by atoms with Gasteiger partial charge in [-0.05, 0) is 6.92 Å². The van der Waals surface area contributed by atoms with E-state index in [2.05, 4.69) is 15.4 Å². The molecule has 0 aliphatic heterocycles. The molecule has 0 bridgehead atoms. The standard InChI is InChI=1S/C4H4N4.C2H6/c1-3-4(2-5)7-8-6-3;1-2/h1H3,(H,6,7,8);1-2H3. The molecule has 0 spiro atoms. The molecule has 0 fully saturated rings. The van der Waals surface area contributed by atoms with Crippen LogP contribution in [0.1, 0.15) is 25.2 Å². The molecular formula is C6H10N4. The summed E-state index contributed by atoms with van der Waals surface area (Å²) in [7, 11) is 0. The Kier molecular flexibility index (Phi) is 3.89. The van der Waals surface area contributed by atoms with Crippen molar-refractivity contribution in [2.24, 2.45) is 0 Å². The highest BCUT2D eigenvalue weighted by atomic mass is 15.3. The summed E-state index contributed by atoms with van der Waals surface area (Å²) < 4.78 is 0. The van der Waals surface area contributed by atoms with Crippen molar-refractivity contribution in [3.8, 4) is 6.07 Å². The van der Waals surface area contributed by atoms with Crippen LogP contribution in [0.5, 0.6) is 0 Å². The quantitative estimate of drug-likeness (QED) is 0.581. The minimum atomic E-state index is 0.366. The van der Waals surface area contributed by atoms with Gasteiger partial charge in [-0.25, -0.2) is 0 Å². The summed E-state index contributed by atoms with van der Waals surface area (Å²) in [6.07, 6.45) is 0. The first-order valence-corrected chi connectivity index (χ1v) is 3.12. The fourth-order valence-electron chi connectivity index (χ4n) is 0.390. The van der Waals surface area contributed by atoms with Gasteiger partial charge >= 0.3 is 0 Å². The molecule has 0 aliphatic carbocycles. The largest absolute Gasteiger partial charge is 0.196 e. The summed E-state index contributed by atoms with van der Waals surface area (Å²) in [5, 5.41) is 17.7. The lowest BCUT2D eigenvalue weighted by Gasteiger charge is -1.71. The van der Waals surface area contributed by atoms with Gasteiger partial charge in [-0.3, -0.25) is 0 Å². The van der Waals surface area contributed by atoms with E-state index in [0.717, 1.165) is 0 Å². The van der Waals surface area contributed by atoms with Crippen LogP contribution < -0.4 is 0 Å². The molecule has 0 aromatic carbocycles. The minimum absolute atomic E-state index is 0.366. The topological polar surface area (TPSA) is 65.4 Å². The third kappa shape index (κ3) is 1.86. The molecule has 1 rings (SSSR count). The number of rotatable bonds is 0. The molecule has 1 aromatic rings. The Labute approximate surface area is 59.9 Å². The zero-order chi connectivity index (χ0) is 7.98. The van der Waals surface area contributed by atoms with Crippen LogP contribution >= 0.6 is 0 Å². The summed E-state index contributed by atoms with van der Waals surface area (Å²) in [6, 6.07) is 1.87. The summed E-state index contributed by atoms with van der Waals surface area (Å²) in [4.78, 5) is 0. The lowest BCUT2D eigenvalue weighted by atomic mass is 10.4. The summed E-state index contributed by atoms with van der Waals surface area (Å²) in [5.41, 5.74) is 1.01. The number of aromatic amines is 1. The van der Waals surface area contributed by atoms with E-state index in [1.165, 1.54) is 0 Å². The molecule has 0 saturated heterocycles. The molecule has 0 aliphatic rings. The first-order valence-electron chi connectivity index (χ1n) is 3.12. The fourth-order valence-corrected chi connectivity index (χ4v) is 0.390. The second kappa shape index (κ2) is 4.50. The maximum absolute atomic E-state index is 8.23. The molecular weight excluding hydrogens is 128 g/mol. The number of H-pyrrole nitrogens is 1. The van der Waals surface area contributed by atoms with E-state index in [0.29, 0.717) is 11.4 Å². The molecule has 0 amide bonds. The lowest BCUT2D eigenvalue weighted by Crippen LogP contribution is -1.75. The maximum atomic E-state index is 8.23. The summed E-state index contributed by atoms with van der Waals surface area (Å²) >= 11 is 0. The Bertz CT molecular complexity index is 220. The van der Waals surface area contributed by atoms with Crippen LogP contribution in [0.3, 0.4) is 0 Å². The highest BCUT2D eigenvalue weighted by molar-refractivity contribution is 5.21. The summed E-state index contributed by atoms with van der Waals surface area (Å²) in [5.74, 6) is 0. The van der Waals surface area contributed by atoms with Gasteiger partial charge in [0.15, 0.2) is 5.69 Å². The zero-order valence-electron chi connectivity index (χ0n) is 6.34. The van der Waals surface area contributed by atoms with Crippen molar-refractivity contribution in [2.45, 2.75) is 20.8 Å². The van der Waals surface area contributed by atoms with E-state index in [4.69, 9.17) is 5.26 Å². The summed E-state index contributed by atoms with van der Waals surface area (Å²) in [6.45, 7) is 5.72. The van der Waals surface area contributed by atoms with E-state index in [-0.39, 0.29) is 0 Å². The molecule has 4 heteroatoms. The van der Waals surface area contributed by atoms with Crippen molar-refractivity contribution in [3.05, 3.63) is 11.4 Å². The fraction of sp³-hybridized carbons (Fsp3) is 0.500. The predicted molar refractivity (Wildman–Crippen MR) is 37.2 cm³/mol. The van der Waals surface area contributed by atoms with Crippen molar-refractivity contribution in [2.75, 3.05) is 0 Å². The second-order valence-electron chi connectivity index (χ2n) is 1.37. The lowest BCUT2D eigenvalue weighted by molar-refractivity contribution is 0.925. The first-order chi connectivity index (χ1) is 4.84. The number of nitrogens with one attached hydrogen (secondary N) is 1. The van der Waals surface area contributed by atoms with Gasteiger partial charge in [-0.2, -0.15) is 15.6 Å². The average molecular weight is 138 g/mol. The smallest absolute Gasteiger partial charge is 0.185 e. The third-order valence-corrected chi connectivity index (χ3v) is 0.828. The Balaban J connectivity index is 0.000000371. The number of aromatic nitrogens is 3. The van der Waals surface area contributed by atoms with Crippen LogP contribution in [-0.4, -0.2) is 15.4 Å². The van der Waals surface area contributed by atoms with Crippen LogP contribution in [0.2, 0.25) is 0 Å². The zero-order valence-corrected chi connectivity index (χ0v) is 6.34. The van der Waals surface area contributed by atoms with Gasteiger partial charge < -0.3 is 0 Å². The number of aryl methyl sites for hydroxylation is 1. The van der Waals surface area contributed by atoms with Crippen molar-refractivity contribution in [3.63, 3.8) is 0 Å². The molecule has 0 unspecified atom stereocenters. The van der Waals surface area contributed by atoms with Gasteiger partial charge in [0.1, 0.15) is 6.07 Å². The number of nitriles is 1. The highest BCUT2D eigenvalue weighted by Crippen LogP contribution is 1.92. The Morgan fingerprint density at radius 2 is 2.00 bits per heavy atom. The molecule has 10 heavy (non-hydrogen) atoms. The van der Waals surface area contributed by atoms with Crippen LogP contribution in [0.4, 0.5) is 0 Å². The molecule has 0 radical (unpaired) electrons. The van der Waals surface area contributed by atoms with Gasteiger partial charge in [0.2, 0.25) is 0 Å². The Morgan fingerprint density at radius 1 is 1.40 bits per heavy atom. The van der Waals surface area contributed by atoms with Crippen molar-refractivity contribution >= 4 is 0 Å². The van der Waals surface area contributed by atoms with Gasteiger partial charge in [0.25, 0.3) is 0 Å². The van der Waals surface area contributed by atoms with Crippen molar-refractivity contribution in [1.29, 1.82) is 5.26 Å². The van der Waals surface area contributed by atoms with Crippen LogP contribution in [0.25, 0.3) is 0 Å². The molecule has 4 nitrogen and oxygen atoms in total. The van der Waals surface area contributed by atoms with E-state index >= 15 is 0 Å². The molecule has 1 aromatic heterocycles. The normalized spacial score (nSPS) is 7.40. The highest BCUT2D eigenvalue weighted by Gasteiger charge is 1.96. The first kappa shape index (κ1) is 8.63. The van der Waals surface area contributed by atoms with Crippen molar-refractivity contribution in [1.82, 2.24) is 15.4 Å². The van der Waals surface area contributed by atoms with Gasteiger partial charge in [0, 0.05) is 0 Å². The van der Waals surface area contributed by atoms with Crippen LogP contribution in [0.15, 0.2) is 0 Å². The SMILES string of the molecule is CC.Cc1n[nH]nc1C#N. The van der Waals surface area contributed by atoms with E-state index in [1.54, 1.807) is 6.92 Å². The monoisotopic (exact) mass is 138 g/mol. The van der Waals surface area contributed by atoms with E-state index in [1.807, 2.05) is 19.9 Å². The number of nitrogens with zero attached hydrogens (tertiary/aromatic N) is 3. The molecule has 1 heterocycles. The Morgan fingerprint density at radius 3 is 2.20 bits per heavy atom.